The first kappa shape index (κ1) is 17.5. The summed E-state index contributed by atoms with van der Waals surface area (Å²) in [7, 11) is 1.63. The van der Waals surface area contributed by atoms with E-state index in [9.17, 15) is 4.79 Å². The summed E-state index contributed by atoms with van der Waals surface area (Å²) in [4.78, 5) is 11.5. The van der Waals surface area contributed by atoms with Crippen molar-refractivity contribution < 1.29 is 14.3 Å². The molecule has 0 atom stereocenters. The lowest BCUT2D eigenvalue weighted by Gasteiger charge is -2.10. The number of ether oxygens (including phenoxy) is 2. The topological polar surface area (TPSA) is 59.6 Å². The molecule has 0 radical (unpaired) electrons. The van der Waals surface area contributed by atoms with Crippen LogP contribution in [0.15, 0.2) is 24.3 Å². The van der Waals surface area contributed by atoms with Gasteiger partial charge >= 0.3 is 0 Å². The fourth-order valence-electron chi connectivity index (χ4n) is 1.75. The average molecular weight is 294 g/mol. The molecule has 1 aromatic rings. The van der Waals surface area contributed by atoms with Gasteiger partial charge in [-0.1, -0.05) is 26.0 Å². The molecule has 0 aliphatic heterocycles. The Morgan fingerprint density at radius 3 is 2.48 bits per heavy atom. The van der Waals surface area contributed by atoms with Gasteiger partial charge in [0.25, 0.3) is 0 Å². The highest BCUT2D eigenvalue weighted by Gasteiger charge is 2.01. The van der Waals surface area contributed by atoms with Crippen molar-refractivity contribution in [3.05, 3.63) is 29.8 Å². The molecular formula is C16H26N2O3. The molecule has 0 spiro atoms. The fourth-order valence-corrected chi connectivity index (χ4v) is 1.75. The second-order valence-electron chi connectivity index (χ2n) is 5.09. The number of carbonyl (C=O) groups is 1. The summed E-state index contributed by atoms with van der Waals surface area (Å²) >= 11 is 0. The summed E-state index contributed by atoms with van der Waals surface area (Å²) in [5.41, 5.74) is 1.29. The molecule has 0 heterocycles. The van der Waals surface area contributed by atoms with E-state index < -0.39 is 0 Å². The molecule has 0 unspecified atom stereocenters. The average Bonchev–Trinajstić information content (AvgIpc) is 2.48. The second kappa shape index (κ2) is 10.2. The number of methoxy groups -OCH3 is 1. The largest absolute Gasteiger partial charge is 0.492 e. The van der Waals surface area contributed by atoms with Gasteiger partial charge in [0.2, 0.25) is 5.91 Å². The molecule has 0 saturated carbocycles. The van der Waals surface area contributed by atoms with Crippen LogP contribution in [0.25, 0.3) is 0 Å². The number of hydrogen-bond acceptors (Lipinski definition) is 4. The highest BCUT2D eigenvalue weighted by atomic mass is 16.5. The van der Waals surface area contributed by atoms with Crippen molar-refractivity contribution in [2.24, 2.45) is 0 Å². The maximum atomic E-state index is 11.5. The van der Waals surface area contributed by atoms with E-state index in [1.807, 2.05) is 12.1 Å². The Morgan fingerprint density at radius 1 is 1.14 bits per heavy atom. The molecule has 2 N–H and O–H groups in total. The van der Waals surface area contributed by atoms with Gasteiger partial charge in [-0.2, -0.15) is 0 Å². The molecule has 1 rings (SSSR count). The molecular weight excluding hydrogens is 268 g/mol. The quantitative estimate of drug-likeness (QED) is 0.643. The van der Waals surface area contributed by atoms with Gasteiger partial charge in [0.15, 0.2) is 0 Å². The monoisotopic (exact) mass is 294 g/mol. The van der Waals surface area contributed by atoms with Gasteiger partial charge < -0.3 is 20.1 Å². The number of benzene rings is 1. The van der Waals surface area contributed by atoms with E-state index in [0.29, 0.717) is 38.8 Å². The fraction of sp³-hybridized carbons (Fsp3) is 0.562. The van der Waals surface area contributed by atoms with Crippen LogP contribution in [-0.2, 0) is 9.53 Å². The van der Waals surface area contributed by atoms with E-state index in [0.717, 1.165) is 5.75 Å². The molecule has 1 amide bonds. The van der Waals surface area contributed by atoms with E-state index in [4.69, 9.17) is 9.47 Å². The third-order valence-electron chi connectivity index (χ3n) is 3.01. The Hall–Kier alpha value is -1.59. The van der Waals surface area contributed by atoms with Crippen molar-refractivity contribution in [2.75, 3.05) is 40.0 Å². The number of carbonyl (C=O) groups excluding carboxylic acids is 1. The molecule has 5 nitrogen and oxygen atoms in total. The predicted molar refractivity (Wildman–Crippen MR) is 83.8 cm³/mol. The van der Waals surface area contributed by atoms with Crippen molar-refractivity contribution in [1.82, 2.24) is 10.6 Å². The zero-order valence-electron chi connectivity index (χ0n) is 13.1. The highest BCUT2D eigenvalue weighted by Crippen LogP contribution is 2.18. The third-order valence-corrected chi connectivity index (χ3v) is 3.01. The van der Waals surface area contributed by atoms with E-state index in [1.165, 1.54) is 5.56 Å². The Balaban J connectivity index is 2.12. The minimum Gasteiger partial charge on any atom is -0.492 e. The molecule has 21 heavy (non-hydrogen) atoms. The first-order chi connectivity index (χ1) is 10.1. The lowest BCUT2D eigenvalue weighted by atomic mass is 10.0. The maximum absolute atomic E-state index is 11.5. The first-order valence-electron chi connectivity index (χ1n) is 7.32. The van der Waals surface area contributed by atoms with Crippen molar-refractivity contribution in [3.63, 3.8) is 0 Å². The Bertz CT molecular complexity index is 404. The normalized spacial score (nSPS) is 10.7. The maximum Gasteiger partial charge on any atom is 0.234 e. The van der Waals surface area contributed by atoms with Gasteiger partial charge in [-0.3, -0.25) is 4.79 Å². The molecule has 1 aromatic carbocycles. The van der Waals surface area contributed by atoms with Gasteiger partial charge in [0.1, 0.15) is 12.4 Å². The number of nitrogens with one attached hydrogen (secondary N) is 2. The minimum absolute atomic E-state index is 0.0372. The second-order valence-corrected chi connectivity index (χ2v) is 5.09. The number of amides is 1. The summed E-state index contributed by atoms with van der Waals surface area (Å²) in [5.74, 6) is 1.31. The van der Waals surface area contributed by atoms with Crippen LogP contribution in [0.3, 0.4) is 0 Å². The third kappa shape index (κ3) is 7.68. The summed E-state index contributed by atoms with van der Waals surface area (Å²) in [6.45, 7) is 6.84. The summed E-state index contributed by atoms with van der Waals surface area (Å²) in [6, 6.07) is 8.06. The van der Waals surface area contributed by atoms with Crippen LogP contribution in [0.1, 0.15) is 25.3 Å². The molecule has 0 aliphatic carbocycles. The zero-order valence-corrected chi connectivity index (χ0v) is 13.1. The molecule has 0 fully saturated rings. The van der Waals surface area contributed by atoms with Crippen LogP contribution in [0.2, 0.25) is 0 Å². The van der Waals surface area contributed by atoms with Crippen LogP contribution in [0.5, 0.6) is 5.75 Å². The predicted octanol–water partition coefficient (Wildman–Crippen LogP) is 1.54. The smallest absolute Gasteiger partial charge is 0.234 e. The van der Waals surface area contributed by atoms with Gasteiger partial charge in [-0.25, -0.2) is 0 Å². The van der Waals surface area contributed by atoms with E-state index in [-0.39, 0.29) is 5.91 Å². The molecule has 118 valence electrons. The van der Waals surface area contributed by atoms with Gasteiger partial charge in [0.05, 0.1) is 19.7 Å². The van der Waals surface area contributed by atoms with Crippen molar-refractivity contribution in [2.45, 2.75) is 19.8 Å². The van der Waals surface area contributed by atoms with Gasteiger partial charge in [-0.15, -0.1) is 0 Å². The molecule has 0 aliphatic rings. The van der Waals surface area contributed by atoms with Crippen LogP contribution in [0.4, 0.5) is 0 Å². The van der Waals surface area contributed by atoms with Crippen molar-refractivity contribution in [1.29, 1.82) is 0 Å². The zero-order chi connectivity index (χ0) is 15.5. The number of rotatable bonds is 10. The molecule has 0 aromatic heterocycles. The van der Waals surface area contributed by atoms with Crippen LogP contribution < -0.4 is 15.4 Å². The summed E-state index contributed by atoms with van der Waals surface area (Å²) in [5, 5.41) is 5.78. The molecule has 0 saturated heterocycles. The lowest BCUT2D eigenvalue weighted by molar-refractivity contribution is -0.120. The van der Waals surface area contributed by atoms with E-state index in [2.05, 4.69) is 36.6 Å². The Labute approximate surface area is 127 Å². The SMILES string of the molecule is COCCNCC(=O)NCCOc1ccc(C(C)C)cc1. The Morgan fingerprint density at radius 2 is 1.86 bits per heavy atom. The lowest BCUT2D eigenvalue weighted by Crippen LogP contribution is -2.37. The Kier molecular flexibility index (Phi) is 8.47. The van der Waals surface area contributed by atoms with E-state index >= 15 is 0 Å². The van der Waals surface area contributed by atoms with Crippen LogP contribution in [-0.4, -0.2) is 45.9 Å². The first-order valence-corrected chi connectivity index (χ1v) is 7.32. The molecule has 5 heteroatoms. The van der Waals surface area contributed by atoms with Gasteiger partial charge in [0, 0.05) is 13.7 Å². The van der Waals surface area contributed by atoms with E-state index in [1.54, 1.807) is 7.11 Å². The summed E-state index contributed by atoms with van der Waals surface area (Å²) < 4.78 is 10.5. The molecule has 0 bridgehead atoms. The minimum atomic E-state index is -0.0372. The standard InChI is InChI=1S/C16H26N2O3/c1-13(2)14-4-6-15(7-5-14)21-11-9-18-16(19)12-17-8-10-20-3/h4-7,13,17H,8-12H2,1-3H3,(H,18,19). The van der Waals surface area contributed by atoms with Gasteiger partial charge in [-0.05, 0) is 23.6 Å². The highest BCUT2D eigenvalue weighted by molar-refractivity contribution is 5.77. The van der Waals surface area contributed by atoms with Crippen molar-refractivity contribution in [3.8, 4) is 5.75 Å². The van der Waals surface area contributed by atoms with Crippen LogP contribution in [0, 0.1) is 0 Å². The summed E-state index contributed by atoms with van der Waals surface area (Å²) in [6.07, 6.45) is 0. The van der Waals surface area contributed by atoms with Crippen molar-refractivity contribution >= 4 is 5.91 Å². The van der Waals surface area contributed by atoms with Crippen LogP contribution >= 0.6 is 0 Å². The number of hydrogen-bond donors (Lipinski definition) is 2.